The molecule has 4 rings (SSSR count). The van der Waals surface area contributed by atoms with Crippen LogP contribution in [-0.4, -0.2) is 74.7 Å². The first-order valence-electron chi connectivity index (χ1n) is 12.0. The van der Waals surface area contributed by atoms with Crippen molar-refractivity contribution < 1.29 is 19.1 Å². The van der Waals surface area contributed by atoms with Gasteiger partial charge in [-0.2, -0.15) is 0 Å². The topological polar surface area (TPSA) is 106 Å². The Hall–Kier alpha value is -1.87. The zero-order valence-corrected chi connectivity index (χ0v) is 20.0. The number of nitrogen functional groups attached to an aromatic ring is 1. The normalized spacial score (nSPS) is 23.9. The van der Waals surface area contributed by atoms with E-state index in [1.165, 1.54) is 7.11 Å². The highest BCUT2D eigenvalue weighted by molar-refractivity contribution is 6.33. The fourth-order valence-corrected chi connectivity index (χ4v) is 5.53. The highest BCUT2D eigenvalue weighted by atomic mass is 35.5. The number of halogens is 1. The van der Waals surface area contributed by atoms with E-state index in [1.807, 2.05) is 0 Å². The number of hydrogen-bond acceptors (Lipinski definition) is 7. The number of piperidine rings is 2. The number of methoxy groups -OCH3 is 1. The number of anilines is 1. The van der Waals surface area contributed by atoms with Crippen molar-refractivity contribution in [1.82, 2.24) is 15.5 Å². The smallest absolute Gasteiger partial charge is 0.255 e. The Balaban J connectivity index is 1.39. The van der Waals surface area contributed by atoms with E-state index in [-0.39, 0.29) is 29.9 Å². The van der Waals surface area contributed by atoms with Gasteiger partial charge in [0.2, 0.25) is 0 Å². The molecule has 8 nitrogen and oxygen atoms in total. The van der Waals surface area contributed by atoms with Gasteiger partial charge < -0.3 is 25.8 Å². The van der Waals surface area contributed by atoms with Gasteiger partial charge in [0.05, 0.1) is 29.4 Å². The van der Waals surface area contributed by atoms with Gasteiger partial charge in [-0.05, 0) is 63.6 Å². The molecule has 1 aromatic carbocycles. The molecule has 9 heteroatoms. The van der Waals surface area contributed by atoms with E-state index in [1.54, 1.807) is 12.1 Å². The minimum atomic E-state index is -0.259. The molecule has 3 aliphatic rings. The van der Waals surface area contributed by atoms with Gasteiger partial charge in [0.15, 0.2) is 5.78 Å². The molecule has 0 aliphatic carbocycles. The van der Waals surface area contributed by atoms with E-state index in [4.69, 9.17) is 26.8 Å². The number of Topliss-reactive ketones (excluding diaryl/α,β-unsaturated/α-hetero) is 1. The minimum absolute atomic E-state index is 0.0290. The molecule has 0 saturated carbocycles. The van der Waals surface area contributed by atoms with Crippen molar-refractivity contribution in [3.63, 3.8) is 0 Å². The molecule has 3 fully saturated rings. The summed E-state index contributed by atoms with van der Waals surface area (Å²) in [5.41, 5.74) is 6.58. The van der Waals surface area contributed by atoms with Crippen LogP contribution in [0.15, 0.2) is 12.1 Å². The highest BCUT2D eigenvalue weighted by Crippen LogP contribution is 2.30. The molecule has 1 amide bonds. The molecule has 3 saturated heterocycles. The summed E-state index contributed by atoms with van der Waals surface area (Å²) in [5, 5.41) is 6.85. The summed E-state index contributed by atoms with van der Waals surface area (Å²) in [5.74, 6) is 0.788. The summed E-state index contributed by atoms with van der Waals surface area (Å²) in [7, 11) is 1.50. The summed E-state index contributed by atoms with van der Waals surface area (Å²) in [6.07, 6.45) is 5.13. The molecule has 3 aliphatic heterocycles. The first-order chi connectivity index (χ1) is 16.0. The van der Waals surface area contributed by atoms with Crippen molar-refractivity contribution in [1.29, 1.82) is 0 Å². The number of ether oxygens (including phenoxy) is 2. The Bertz CT molecular complexity index is 847. The largest absolute Gasteiger partial charge is 0.496 e. The van der Waals surface area contributed by atoms with Gasteiger partial charge in [0.1, 0.15) is 11.9 Å². The number of nitrogens with one attached hydrogen (secondary N) is 2. The summed E-state index contributed by atoms with van der Waals surface area (Å²) in [6, 6.07) is 3.05. The summed E-state index contributed by atoms with van der Waals surface area (Å²) >= 11 is 6.13. The average Bonchev–Trinajstić information content (AvgIpc) is 3.37. The number of carbonyl (C=O) groups is 2. The van der Waals surface area contributed by atoms with Crippen LogP contribution in [0.1, 0.15) is 48.9 Å². The third-order valence-corrected chi connectivity index (χ3v) is 7.52. The van der Waals surface area contributed by atoms with E-state index in [2.05, 4.69) is 15.5 Å². The summed E-state index contributed by atoms with van der Waals surface area (Å²) in [6.45, 7) is 4.15. The predicted molar refractivity (Wildman–Crippen MR) is 128 cm³/mol. The molecule has 182 valence electrons. The second kappa shape index (κ2) is 11.0. The molecular formula is C24H35ClN4O4. The number of nitrogens with two attached hydrogens (primary N) is 1. The number of hydrogen-bond donors (Lipinski definition) is 3. The first kappa shape index (κ1) is 24.3. The predicted octanol–water partition coefficient (Wildman–Crippen LogP) is 2.24. The fraction of sp³-hybridized carbons (Fsp3) is 0.667. The van der Waals surface area contributed by atoms with Crippen LogP contribution in [-0.2, 0) is 9.53 Å². The first-order valence-corrected chi connectivity index (χ1v) is 12.4. The minimum Gasteiger partial charge on any atom is -0.496 e. The Morgan fingerprint density at radius 2 is 1.94 bits per heavy atom. The van der Waals surface area contributed by atoms with Crippen LogP contribution in [0.25, 0.3) is 0 Å². The van der Waals surface area contributed by atoms with Crippen molar-refractivity contribution in [2.24, 2.45) is 5.92 Å². The Labute approximate surface area is 200 Å². The summed E-state index contributed by atoms with van der Waals surface area (Å²) < 4.78 is 11.1. The van der Waals surface area contributed by atoms with Gasteiger partial charge in [-0.3, -0.25) is 14.5 Å². The molecule has 0 spiro atoms. The molecule has 2 atom stereocenters. The van der Waals surface area contributed by atoms with E-state index in [0.29, 0.717) is 34.5 Å². The molecule has 4 N–H and O–H groups in total. The van der Waals surface area contributed by atoms with Crippen LogP contribution in [0.4, 0.5) is 5.69 Å². The Kier molecular flexibility index (Phi) is 8.11. The van der Waals surface area contributed by atoms with Crippen LogP contribution >= 0.6 is 11.6 Å². The number of nitrogens with zero attached hydrogens (tertiary/aromatic N) is 1. The van der Waals surface area contributed by atoms with Gasteiger partial charge >= 0.3 is 0 Å². The van der Waals surface area contributed by atoms with E-state index >= 15 is 0 Å². The lowest BCUT2D eigenvalue weighted by Crippen LogP contribution is -2.56. The van der Waals surface area contributed by atoms with Gasteiger partial charge in [-0.1, -0.05) is 11.6 Å². The van der Waals surface area contributed by atoms with Crippen molar-refractivity contribution in [3.05, 3.63) is 22.7 Å². The highest BCUT2D eigenvalue weighted by Gasteiger charge is 2.40. The molecule has 2 unspecified atom stereocenters. The Morgan fingerprint density at radius 1 is 1.21 bits per heavy atom. The molecule has 0 radical (unpaired) electrons. The number of benzene rings is 1. The Morgan fingerprint density at radius 3 is 2.58 bits per heavy atom. The maximum Gasteiger partial charge on any atom is 0.255 e. The quantitative estimate of drug-likeness (QED) is 0.516. The lowest BCUT2D eigenvalue weighted by Gasteiger charge is -2.42. The number of carbonyl (C=O) groups excluding carboxylic acids is 2. The maximum atomic E-state index is 13.4. The molecule has 0 bridgehead atoms. The van der Waals surface area contributed by atoms with E-state index in [0.717, 1.165) is 64.7 Å². The van der Waals surface area contributed by atoms with Crippen LogP contribution in [0.3, 0.4) is 0 Å². The third kappa shape index (κ3) is 5.62. The maximum absolute atomic E-state index is 13.4. The van der Waals surface area contributed by atoms with Crippen LogP contribution in [0.5, 0.6) is 5.75 Å². The second-order valence-corrected chi connectivity index (χ2v) is 9.70. The fourth-order valence-electron chi connectivity index (χ4n) is 5.36. The zero-order chi connectivity index (χ0) is 23.4. The number of rotatable bonds is 7. The van der Waals surface area contributed by atoms with Crippen molar-refractivity contribution in [2.75, 3.05) is 45.6 Å². The summed E-state index contributed by atoms with van der Waals surface area (Å²) in [4.78, 5) is 28.7. The zero-order valence-electron chi connectivity index (χ0n) is 19.3. The van der Waals surface area contributed by atoms with Crippen molar-refractivity contribution >= 4 is 29.0 Å². The number of amides is 1. The van der Waals surface area contributed by atoms with E-state index < -0.39 is 0 Å². The van der Waals surface area contributed by atoms with Crippen molar-refractivity contribution in [3.8, 4) is 5.75 Å². The van der Waals surface area contributed by atoms with Gasteiger partial charge in [-0.15, -0.1) is 0 Å². The van der Waals surface area contributed by atoms with Gasteiger partial charge in [0, 0.05) is 31.8 Å². The van der Waals surface area contributed by atoms with Crippen LogP contribution in [0, 0.1) is 5.92 Å². The standard InChI is InChI=1S/C24H35ClN4O4/c1-32-21-14-19(26)18(25)13-17(21)24(31)28-16-6-10-29(11-7-16)22(15-4-8-27-9-5-15)23(30)20-3-2-12-33-20/h13-16,20,22,27H,2-12,26H2,1H3,(H,28,31). The van der Waals surface area contributed by atoms with Crippen LogP contribution in [0.2, 0.25) is 5.02 Å². The molecular weight excluding hydrogens is 444 g/mol. The molecule has 0 aromatic heterocycles. The molecule has 3 heterocycles. The monoisotopic (exact) mass is 478 g/mol. The number of ketones is 1. The van der Waals surface area contributed by atoms with E-state index in [9.17, 15) is 9.59 Å². The molecule has 1 aromatic rings. The second-order valence-electron chi connectivity index (χ2n) is 9.29. The van der Waals surface area contributed by atoms with Gasteiger partial charge in [0.25, 0.3) is 5.91 Å². The lowest BCUT2D eigenvalue weighted by atomic mass is 9.83. The third-order valence-electron chi connectivity index (χ3n) is 7.19. The van der Waals surface area contributed by atoms with Gasteiger partial charge in [-0.25, -0.2) is 0 Å². The number of likely N-dealkylation sites (tertiary alicyclic amines) is 1. The average molecular weight is 479 g/mol. The lowest BCUT2D eigenvalue weighted by molar-refractivity contribution is -0.136. The SMILES string of the molecule is COc1cc(N)c(Cl)cc1C(=O)NC1CCN(C(C(=O)C2CCCO2)C2CCNCC2)CC1. The molecule has 33 heavy (non-hydrogen) atoms. The van der Waals surface area contributed by atoms with Crippen molar-refractivity contribution in [2.45, 2.75) is 56.7 Å². The van der Waals surface area contributed by atoms with Crippen LogP contribution < -0.4 is 21.1 Å².